The van der Waals surface area contributed by atoms with Crippen molar-refractivity contribution in [2.24, 2.45) is 5.92 Å². The van der Waals surface area contributed by atoms with Crippen molar-refractivity contribution in [2.75, 3.05) is 5.32 Å². The van der Waals surface area contributed by atoms with Gasteiger partial charge in [-0.2, -0.15) is 0 Å². The zero-order chi connectivity index (χ0) is 14.4. The summed E-state index contributed by atoms with van der Waals surface area (Å²) >= 11 is 3.21. The Morgan fingerprint density at radius 1 is 1.21 bits per heavy atom. The maximum absolute atomic E-state index is 11.6. The quantitative estimate of drug-likeness (QED) is 0.817. The van der Waals surface area contributed by atoms with E-state index in [0.29, 0.717) is 6.54 Å². The van der Waals surface area contributed by atoms with Gasteiger partial charge in [0.15, 0.2) is 0 Å². The number of halogens is 1. The van der Waals surface area contributed by atoms with Crippen molar-refractivity contribution in [3.63, 3.8) is 0 Å². The molecule has 0 heterocycles. The first-order chi connectivity index (χ1) is 8.90. The Hall–Kier alpha value is -1.36. The molecule has 0 aliphatic heterocycles. The van der Waals surface area contributed by atoms with Crippen LogP contribution in [0.1, 0.15) is 26.3 Å². The van der Waals surface area contributed by atoms with Crippen molar-refractivity contribution < 1.29 is 9.59 Å². The Morgan fingerprint density at radius 2 is 1.89 bits per heavy atom. The number of alkyl halides is 1. The molecule has 5 heteroatoms. The second-order valence-corrected chi connectivity index (χ2v) is 6.05. The second kappa shape index (κ2) is 7.28. The Kier molecular flexibility index (Phi) is 6.02. The van der Waals surface area contributed by atoms with Crippen molar-refractivity contribution in [1.82, 2.24) is 5.32 Å². The van der Waals surface area contributed by atoms with Crippen LogP contribution in [0.4, 0.5) is 5.69 Å². The van der Waals surface area contributed by atoms with Crippen LogP contribution in [0.5, 0.6) is 0 Å². The lowest BCUT2D eigenvalue weighted by atomic mass is 10.1. The van der Waals surface area contributed by atoms with Gasteiger partial charge in [-0.3, -0.25) is 9.59 Å². The molecule has 4 nitrogen and oxygen atoms in total. The molecule has 0 bridgehead atoms. The molecule has 1 aromatic carbocycles. The lowest BCUT2D eigenvalue weighted by Gasteiger charge is -2.10. The number of carbonyl (C=O) groups excluding carboxylic acids is 2. The zero-order valence-electron chi connectivity index (χ0n) is 11.4. The number of benzene rings is 1. The predicted molar refractivity (Wildman–Crippen MR) is 80.1 cm³/mol. The monoisotopic (exact) mass is 326 g/mol. The van der Waals surface area contributed by atoms with Gasteiger partial charge in [0, 0.05) is 18.2 Å². The van der Waals surface area contributed by atoms with Crippen molar-refractivity contribution in [3.05, 3.63) is 29.8 Å². The molecule has 2 N–H and O–H groups in total. The standard InChI is InChI=1S/C14H19BrN2O2/c1-9(2)13(18)17-12-6-4-5-11(7-12)8-16-14(19)10(3)15/h4-7,9-10H,8H2,1-3H3,(H,16,19)(H,17,18). The predicted octanol–water partition coefficient (Wildman–Crippen LogP) is 2.68. The first kappa shape index (κ1) is 15.7. The molecule has 0 saturated carbocycles. The summed E-state index contributed by atoms with van der Waals surface area (Å²) in [7, 11) is 0. The van der Waals surface area contributed by atoms with Gasteiger partial charge < -0.3 is 10.6 Å². The van der Waals surface area contributed by atoms with Crippen molar-refractivity contribution >= 4 is 33.4 Å². The van der Waals surface area contributed by atoms with E-state index in [2.05, 4.69) is 26.6 Å². The average molecular weight is 327 g/mol. The zero-order valence-corrected chi connectivity index (χ0v) is 13.0. The van der Waals surface area contributed by atoms with Gasteiger partial charge in [-0.15, -0.1) is 0 Å². The minimum Gasteiger partial charge on any atom is -0.351 e. The highest BCUT2D eigenvalue weighted by Gasteiger charge is 2.09. The number of amides is 2. The van der Waals surface area contributed by atoms with Crippen LogP contribution in [0.25, 0.3) is 0 Å². The molecule has 2 amide bonds. The van der Waals surface area contributed by atoms with E-state index in [4.69, 9.17) is 0 Å². The van der Waals surface area contributed by atoms with Gasteiger partial charge in [0.2, 0.25) is 11.8 Å². The molecule has 0 aliphatic carbocycles. The van der Waals surface area contributed by atoms with E-state index in [1.807, 2.05) is 38.1 Å². The summed E-state index contributed by atoms with van der Waals surface area (Å²) in [5, 5.41) is 5.63. The van der Waals surface area contributed by atoms with Gasteiger partial charge in [0.05, 0.1) is 4.83 Å². The fourth-order valence-corrected chi connectivity index (χ4v) is 1.54. The summed E-state index contributed by atoms with van der Waals surface area (Å²) in [4.78, 5) is 22.8. The third kappa shape index (κ3) is 5.42. The highest BCUT2D eigenvalue weighted by atomic mass is 79.9. The smallest absolute Gasteiger partial charge is 0.233 e. The van der Waals surface area contributed by atoms with Crippen LogP contribution < -0.4 is 10.6 Å². The van der Waals surface area contributed by atoms with Crippen LogP contribution >= 0.6 is 15.9 Å². The maximum Gasteiger partial charge on any atom is 0.233 e. The van der Waals surface area contributed by atoms with E-state index in [1.54, 1.807) is 6.92 Å². The molecule has 1 aromatic rings. The summed E-state index contributed by atoms with van der Waals surface area (Å²) in [5.74, 6) is -0.135. The molecular formula is C14H19BrN2O2. The Balaban J connectivity index is 2.62. The summed E-state index contributed by atoms with van der Waals surface area (Å²) in [5.41, 5.74) is 1.69. The maximum atomic E-state index is 11.6. The molecule has 0 spiro atoms. The van der Waals surface area contributed by atoms with Gasteiger partial charge in [0.25, 0.3) is 0 Å². The molecule has 19 heavy (non-hydrogen) atoms. The molecule has 0 radical (unpaired) electrons. The van der Waals surface area contributed by atoms with E-state index in [9.17, 15) is 9.59 Å². The summed E-state index contributed by atoms with van der Waals surface area (Å²) in [6.07, 6.45) is 0. The van der Waals surface area contributed by atoms with Gasteiger partial charge in [-0.1, -0.05) is 41.9 Å². The average Bonchev–Trinajstić information content (AvgIpc) is 2.36. The van der Waals surface area contributed by atoms with Crippen LogP contribution in [-0.2, 0) is 16.1 Å². The molecule has 1 rings (SSSR count). The molecule has 0 aromatic heterocycles. The summed E-state index contributed by atoms with van der Waals surface area (Å²) < 4.78 is 0. The van der Waals surface area contributed by atoms with Crippen LogP contribution in [0, 0.1) is 5.92 Å². The third-order valence-electron chi connectivity index (χ3n) is 2.55. The molecule has 1 unspecified atom stereocenters. The third-order valence-corrected chi connectivity index (χ3v) is 2.96. The SMILES string of the molecule is CC(C)C(=O)Nc1cccc(CNC(=O)C(C)Br)c1. The Labute approximate surface area is 122 Å². The number of hydrogen-bond acceptors (Lipinski definition) is 2. The molecule has 1 atom stereocenters. The number of carbonyl (C=O) groups is 2. The van der Waals surface area contributed by atoms with Crippen LogP contribution in [0.15, 0.2) is 24.3 Å². The Bertz CT molecular complexity index is 459. The minimum absolute atomic E-state index is 0.0183. The summed E-state index contributed by atoms with van der Waals surface area (Å²) in [6.45, 7) is 5.91. The van der Waals surface area contributed by atoms with Gasteiger partial charge in [0.1, 0.15) is 0 Å². The molecule has 104 valence electrons. The van der Waals surface area contributed by atoms with Crippen LogP contribution in [-0.4, -0.2) is 16.6 Å². The van der Waals surface area contributed by atoms with E-state index in [-0.39, 0.29) is 22.6 Å². The summed E-state index contributed by atoms with van der Waals surface area (Å²) in [6, 6.07) is 7.46. The topological polar surface area (TPSA) is 58.2 Å². The van der Waals surface area contributed by atoms with Gasteiger partial charge in [-0.25, -0.2) is 0 Å². The van der Waals surface area contributed by atoms with Crippen molar-refractivity contribution in [1.29, 1.82) is 0 Å². The minimum atomic E-state index is -0.212. The molecule has 0 saturated heterocycles. The molecular weight excluding hydrogens is 308 g/mol. The van der Waals surface area contributed by atoms with Crippen molar-refractivity contribution in [2.45, 2.75) is 32.1 Å². The van der Waals surface area contributed by atoms with E-state index in [1.165, 1.54) is 0 Å². The second-order valence-electron chi connectivity index (χ2n) is 4.68. The van der Waals surface area contributed by atoms with E-state index >= 15 is 0 Å². The lowest BCUT2D eigenvalue weighted by Crippen LogP contribution is -2.28. The van der Waals surface area contributed by atoms with Crippen LogP contribution in [0.2, 0.25) is 0 Å². The van der Waals surface area contributed by atoms with E-state index < -0.39 is 0 Å². The highest BCUT2D eigenvalue weighted by molar-refractivity contribution is 9.10. The first-order valence-electron chi connectivity index (χ1n) is 6.21. The lowest BCUT2D eigenvalue weighted by molar-refractivity contribution is -0.120. The molecule has 0 aliphatic rings. The first-order valence-corrected chi connectivity index (χ1v) is 7.13. The fourth-order valence-electron chi connectivity index (χ4n) is 1.38. The molecule has 0 fully saturated rings. The van der Waals surface area contributed by atoms with Crippen LogP contribution in [0.3, 0.4) is 0 Å². The number of hydrogen-bond donors (Lipinski definition) is 2. The fraction of sp³-hybridized carbons (Fsp3) is 0.429. The van der Waals surface area contributed by atoms with E-state index in [0.717, 1.165) is 11.3 Å². The van der Waals surface area contributed by atoms with Gasteiger partial charge in [-0.05, 0) is 24.6 Å². The Morgan fingerprint density at radius 3 is 2.47 bits per heavy atom. The van der Waals surface area contributed by atoms with Crippen molar-refractivity contribution in [3.8, 4) is 0 Å². The normalized spacial score (nSPS) is 12.1. The number of rotatable bonds is 5. The highest BCUT2D eigenvalue weighted by Crippen LogP contribution is 2.12. The van der Waals surface area contributed by atoms with Gasteiger partial charge >= 0.3 is 0 Å². The largest absolute Gasteiger partial charge is 0.351 e. The number of nitrogens with one attached hydrogen (secondary N) is 2. The number of anilines is 1.